The van der Waals surface area contributed by atoms with Crippen molar-refractivity contribution in [3.63, 3.8) is 0 Å². The van der Waals surface area contributed by atoms with Gasteiger partial charge in [0, 0.05) is 5.02 Å². The number of halogens is 2. The second-order valence-electron chi connectivity index (χ2n) is 2.57. The average molecular weight is 205 g/mol. The Labute approximate surface area is 82.2 Å². The van der Waals surface area contributed by atoms with E-state index in [1.165, 1.54) is 0 Å². The number of benzene rings is 1. The molecule has 1 aromatic carbocycles. The molecule has 0 saturated carbocycles. The summed E-state index contributed by atoms with van der Waals surface area (Å²) in [5.74, 6) is 0.780. The minimum atomic E-state index is -0.315. The minimum Gasteiger partial charge on any atom is -0.475 e. The van der Waals surface area contributed by atoms with Crippen LogP contribution in [0.15, 0.2) is 18.2 Å². The van der Waals surface area contributed by atoms with Crippen LogP contribution >= 0.6 is 23.2 Å². The molecule has 0 heterocycles. The van der Waals surface area contributed by atoms with Gasteiger partial charge in [-0.1, -0.05) is 23.2 Å². The maximum absolute atomic E-state index is 5.76. The van der Waals surface area contributed by atoms with Gasteiger partial charge in [-0.15, -0.1) is 0 Å². The molecular weight excluding hydrogens is 195 g/mol. The van der Waals surface area contributed by atoms with E-state index in [9.17, 15) is 0 Å². The SMILES string of the molecule is Cc1cc(Cl)ccc1OC(C)Cl. The lowest BCUT2D eigenvalue weighted by Crippen LogP contribution is -2.03. The van der Waals surface area contributed by atoms with Crippen molar-refractivity contribution in [2.75, 3.05) is 0 Å². The van der Waals surface area contributed by atoms with Crippen molar-refractivity contribution in [2.24, 2.45) is 0 Å². The van der Waals surface area contributed by atoms with Crippen LogP contribution in [0.25, 0.3) is 0 Å². The number of ether oxygens (including phenoxy) is 1. The zero-order valence-corrected chi connectivity index (χ0v) is 8.49. The van der Waals surface area contributed by atoms with Crippen LogP contribution in [-0.4, -0.2) is 5.56 Å². The largest absolute Gasteiger partial charge is 0.475 e. The summed E-state index contributed by atoms with van der Waals surface area (Å²) in [4.78, 5) is 0. The van der Waals surface area contributed by atoms with E-state index in [4.69, 9.17) is 27.9 Å². The lowest BCUT2D eigenvalue weighted by Gasteiger charge is -2.10. The van der Waals surface area contributed by atoms with Crippen LogP contribution in [0.5, 0.6) is 5.75 Å². The van der Waals surface area contributed by atoms with Crippen LogP contribution in [0.1, 0.15) is 12.5 Å². The van der Waals surface area contributed by atoms with Gasteiger partial charge in [-0.05, 0) is 37.6 Å². The zero-order chi connectivity index (χ0) is 9.14. The van der Waals surface area contributed by atoms with Gasteiger partial charge >= 0.3 is 0 Å². The highest BCUT2D eigenvalue weighted by atomic mass is 35.5. The molecule has 0 aliphatic carbocycles. The summed E-state index contributed by atoms with van der Waals surface area (Å²) < 4.78 is 5.31. The molecular formula is C9H10Cl2O. The highest BCUT2D eigenvalue weighted by Crippen LogP contribution is 2.23. The van der Waals surface area contributed by atoms with Crippen molar-refractivity contribution >= 4 is 23.2 Å². The smallest absolute Gasteiger partial charge is 0.169 e. The number of hydrogen-bond donors (Lipinski definition) is 0. The molecule has 1 nitrogen and oxygen atoms in total. The van der Waals surface area contributed by atoms with Crippen LogP contribution < -0.4 is 4.74 Å². The van der Waals surface area contributed by atoms with Crippen LogP contribution in [0.4, 0.5) is 0 Å². The third-order valence-corrected chi connectivity index (χ3v) is 1.75. The molecule has 0 aliphatic rings. The summed E-state index contributed by atoms with van der Waals surface area (Å²) in [6, 6.07) is 5.44. The maximum atomic E-state index is 5.76. The van der Waals surface area contributed by atoms with Gasteiger partial charge in [0.25, 0.3) is 0 Å². The predicted octanol–water partition coefficient (Wildman–Crippen LogP) is 3.61. The standard InChI is InChI=1S/C9H10Cl2O/c1-6-5-8(11)3-4-9(6)12-7(2)10/h3-5,7H,1-2H3. The van der Waals surface area contributed by atoms with Gasteiger partial charge in [0.05, 0.1) is 0 Å². The average Bonchev–Trinajstić information content (AvgIpc) is 1.94. The molecule has 0 bridgehead atoms. The Hall–Kier alpha value is -0.400. The molecule has 1 rings (SSSR count). The first-order valence-corrected chi connectivity index (χ1v) is 4.48. The molecule has 0 N–H and O–H groups in total. The molecule has 1 unspecified atom stereocenters. The van der Waals surface area contributed by atoms with Crippen molar-refractivity contribution in [3.05, 3.63) is 28.8 Å². The molecule has 1 aromatic rings. The summed E-state index contributed by atoms with van der Waals surface area (Å²) in [5.41, 5.74) is 0.680. The molecule has 0 amide bonds. The van der Waals surface area contributed by atoms with Crippen molar-refractivity contribution < 1.29 is 4.74 Å². The van der Waals surface area contributed by atoms with E-state index in [0.29, 0.717) is 5.02 Å². The molecule has 0 radical (unpaired) electrons. The third kappa shape index (κ3) is 2.58. The fourth-order valence-electron chi connectivity index (χ4n) is 0.920. The highest BCUT2D eigenvalue weighted by molar-refractivity contribution is 6.30. The van der Waals surface area contributed by atoms with Gasteiger partial charge in [0.1, 0.15) is 5.75 Å². The van der Waals surface area contributed by atoms with Crippen LogP contribution in [0.3, 0.4) is 0 Å². The second kappa shape index (κ2) is 4.01. The quantitative estimate of drug-likeness (QED) is 0.670. The number of alkyl halides is 1. The van der Waals surface area contributed by atoms with E-state index in [1.807, 2.05) is 19.1 Å². The molecule has 66 valence electrons. The summed E-state index contributed by atoms with van der Waals surface area (Å²) >= 11 is 11.4. The molecule has 0 fully saturated rings. The van der Waals surface area contributed by atoms with Gasteiger partial charge in [0.15, 0.2) is 5.56 Å². The molecule has 0 saturated heterocycles. The molecule has 3 heteroatoms. The fourth-order valence-corrected chi connectivity index (χ4v) is 1.24. The minimum absolute atomic E-state index is 0.315. The van der Waals surface area contributed by atoms with Crippen LogP contribution in [-0.2, 0) is 0 Å². The van der Waals surface area contributed by atoms with E-state index in [-0.39, 0.29) is 5.56 Å². The number of aryl methyl sites for hydroxylation is 1. The molecule has 0 aliphatic heterocycles. The van der Waals surface area contributed by atoms with Crippen molar-refractivity contribution in [1.82, 2.24) is 0 Å². The number of hydrogen-bond acceptors (Lipinski definition) is 1. The highest BCUT2D eigenvalue weighted by Gasteiger charge is 2.02. The van der Waals surface area contributed by atoms with Gasteiger partial charge in [-0.3, -0.25) is 0 Å². The normalized spacial score (nSPS) is 12.7. The van der Waals surface area contributed by atoms with E-state index >= 15 is 0 Å². The first kappa shape index (κ1) is 9.69. The monoisotopic (exact) mass is 204 g/mol. The Kier molecular flexibility index (Phi) is 3.24. The lowest BCUT2D eigenvalue weighted by atomic mass is 10.2. The molecule has 0 aromatic heterocycles. The Morgan fingerprint density at radius 1 is 1.42 bits per heavy atom. The number of rotatable bonds is 2. The fraction of sp³-hybridized carbons (Fsp3) is 0.333. The third-order valence-electron chi connectivity index (χ3n) is 1.43. The maximum Gasteiger partial charge on any atom is 0.169 e. The molecule has 0 spiro atoms. The van der Waals surface area contributed by atoms with E-state index < -0.39 is 0 Å². The van der Waals surface area contributed by atoms with E-state index in [1.54, 1.807) is 13.0 Å². The second-order valence-corrected chi connectivity index (χ2v) is 3.62. The van der Waals surface area contributed by atoms with Crippen LogP contribution in [0.2, 0.25) is 5.02 Å². The molecule has 1 atom stereocenters. The van der Waals surface area contributed by atoms with Crippen molar-refractivity contribution in [2.45, 2.75) is 19.4 Å². The Bertz CT molecular complexity index is 271. The predicted molar refractivity (Wildman–Crippen MR) is 52.1 cm³/mol. The Balaban J connectivity index is 2.86. The van der Waals surface area contributed by atoms with Gasteiger partial charge < -0.3 is 4.74 Å². The van der Waals surface area contributed by atoms with Gasteiger partial charge in [-0.25, -0.2) is 0 Å². The van der Waals surface area contributed by atoms with Gasteiger partial charge in [-0.2, -0.15) is 0 Å². The Morgan fingerprint density at radius 2 is 2.08 bits per heavy atom. The zero-order valence-electron chi connectivity index (χ0n) is 6.97. The summed E-state index contributed by atoms with van der Waals surface area (Å²) in [6.07, 6.45) is 0. The first-order chi connectivity index (χ1) is 5.59. The summed E-state index contributed by atoms with van der Waals surface area (Å²) in [6.45, 7) is 3.70. The summed E-state index contributed by atoms with van der Waals surface area (Å²) in [7, 11) is 0. The van der Waals surface area contributed by atoms with Crippen molar-refractivity contribution in [1.29, 1.82) is 0 Å². The van der Waals surface area contributed by atoms with E-state index in [2.05, 4.69) is 0 Å². The summed E-state index contributed by atoms with van der Waals surface area (Å²) in [5, 5.41) is 0.710. The Morgan fingerprint density at radius 3 is 2.58 bits per heavy atom. The van der Waals surface area contributed by atoms with Crippen molar-refractivity contribution in [3.8, 4) is 5.75 Å². The van der Waals surface area contributed by atoms with Crippen LogP contribution in [0, 0.1) is 6.92 Å². The molecule has 12 heavy (non-hydrogen) atoms. The first-order valence-electron chi connectivity index (χ1n) is 3.66. The topological polar surface area (TPSA) is 9.23 Å². The van der Waals surface area contributed by atoms with Gasteiger partial charge in [0.2, 0.25) is 0 Å². The van der Waals surface area contributed by atoms with E-state index in [0.717, 1.165) is 11.3 Å². The lowest BCUT2D eigenvalue weighted by molar-refractivity contribution is 0.299.